The summed E-state index contributed by atoms with van der Waals surface area (Å²) < 4.78 is 13.9. The normalized spacial score (nSPS) is 10.5. The van der Waals surface area contributed by atoms with Crippen LogP contribution in [0.25, 0.3) is 0 Å². The Kier molecular flexibility index (Phi) is 6.39. The molecule has 0 fully saturated rings. The number of hydrogen-bond donors (Lipinski definition) is 2. The molecule has 0 spiro atoms. The first-order valence-electron chi connectivity index (χ1n) is 7.08. The highest BCUT2D eigenvalue weighted by Crippen LogP contribution is 2.10. The van der Waals surface area contributed by atoms with Crippen molar-refractivity contribution in [3.63, 3.8) is 0 Å². The number of pyridine rings is 1. The van der Waals surface area contributed by atoms with Crippen LogP contribution >= 0.6 is 15.9 Å². The van der Waals surface area contributed by atoms with E-state index in [0.717, 1.165) is 4.47 Å². The lowest BCUT2D eigenvalue weighted by molar-refractivity contribution is -0.119. The molecule has 8 heteroatoms. The molecule has 24 heavy (non-hydrogen) atoms. The maximum absolute atomic E-state index is 13.1. The lowest BCUT2D eigenvalue weighted by atomic mass is 10.3. The second kappa shape index (κ2) is 8.51. The number of nitrogens with one attached hydrogen (secondary N) is 2. The van der Waals surface area contributed by atoms with Crippen molar-refractivity contribution >= 4 is 39.2 Å². The van der Waals surface area contributed by atoms with Crippen molar-refractivity contribution in [1.82, 2.24) is 9.88 Å². The van der Waals surface area contributed by atoms with Gasteiger partial charge in [0.15, 0.2) is 0 Å². The molecule has 0 saturated heterocycles. The Labute approximate surface area is 147 Å². The number of anilines is 2. The Balaban J connectivity index is 1.79. The fourth-order valence-electron chi connectivity index (χ4n) is 1.95. The van der Waals surface area contributed by atoms with Crippen LogP contribution in [0.2, 0.25) is 0 Å². The molecule has 0 atom stereocenters. The second-order valence-corrected chi connectivity index (χ2v) is 6.06. The summed E-state index contributed by atoms with van der Waals surface area (Å²) in [5.41, 5.74) is 0.372. The molecule has 1 heterocycles. The molecule has 1 aromatic carbocycles. The van der Waals surface area contributed by atoms with Crippen LogP contribution < -0.4 is 10.6 Å². The molecule has 2 aromatic rings. The van der Waals surface area contributed by atoms with E-state index in [-0.39, 0.29) is 24.9 Å². The topological polar surface area (TPSA) is 74.3 Å². The van der Waals surface area contributed by atoms with Crippen LogP contribution in [0, 0.1) is 5.82 Å². The highest BCUT2D eigenvalue weighted by molar-refractivity contribution is 9.10. The van der Waals surface area contributed by atoms with E-state index >= 15 is 0 Å². The van der Waals surface area contributed by atoms with Crippen molar-refractivity contribution in [3.05, 3.63) is 52.9 Å². The van der Waals surface area contributed by atoms with Crippen molar-refractivity contribution in [3.8, 4) is 0 Å². The van der Waals surface area contributed by atoms with Crippen molar-refractivity contribution in [2.45, 2.75) is 0 Å². The SMILES string of the molecule is CN(CC(=O)Nc1cccc(F)c1)CC(=O)Nc1ccc(Br)cn1. The number of nitrogens with zero attached hydrogens (tertiary/aromatic N) is 2. The van der Waals surface area contributed by atoms with Gasteiger partial charge in [0, 0.05) is 16.4 Å². The Bertz CT molecular complexity index is 724. The maximum Gasteiger partial charge on any atom is 0.239 e. The standard InChI is InChI=1S/C16H16BrFN4O2/c1-22(9-15(23)20-13-4-2-3-12(18)7-13)10-16(24)21-14-6-5-11(17)8-19-14/h2-8H,9-10H2,1H3,(H,20,23)(H,19,21,24). The summed E-state index contributed by atoms with van der Waals surface area (Å²) in [6.07, 6.45) is 1.58. The third-order valence-electron chi connectivity index (χ3n) is 2.93. The Morgan fingerprint density at radius 3 is 2.50 bits per heavy atom. The number of likely N-dealkylation sites (N-methyl/N-ethyl adjacent to an activating group) is 1. The van der Waals surface area contributed by atoms with Gasteiger partial charge >= 0.3 is 0 Å². The first kappa shape index (κ1) is 18.0. The number of benzene rings is 1. The van der Waals surface area contributed by atoms with Gasteiger partial charge in [0.05, 0.1) is 13.1 Å². The second-order valence-electron chi connectivity index (χ2n) is 5.14. The van der Waals surface area contributed by atoms with Crippen LogP contribution in [0.3, 0.4) is 0 Å². The number of amides is 2. The van der Waals surface area contributed by atoms with Gasteiger partial charge in [0.1, 0.15) is 11.6 Å². The largest absolute Gasteiger partial charge is 0.325 e. The van der Waals surface area contributed by atoms with Gasteiger partial charge in [0.25, 0.3) is 0 Å². The van der Waals surface area contributed by atoms with Gasteiger partial charge < -0.3 is 10.6 Å². The molecule has 2 rings (SSSR count). The Hall–Kier alpha value is -2.32. The molecule has 0 unspecified atom stereocenters. The lowest BCUT2D eigenvalue weighted by Crippen LogP contribution is -2.36. The number of rotatable bonds is 6. The summed E-state index contributed by atoms with van der Waals surface area (Å²) >= 11 is 3.26. The van der Waals surface area contributed by atoms with E-state index in [1.54, 1.807) is 36.3 Å². The summed E-state index contributed by atoms with van der Waals surface area (Å²) in [6, 6.07) is 9.05. The number of halogens is 2. The smallest absolute Gasteiger partial charge is 0.239 e. The molecule has 0 aliphatic rings. The minimum Gasteiger partial charge on any atom is -0.325 e. The van der Waals surface area contributed by atoms with Crippen molar-refractivity contribution in [1.29, 1.82) is 0 Å². The summed E-state index contributed by atoms with van der Waals surface area (Å²) in [6.45, 7) is 0.0199. The van der Waals surface area contributed by atoms with Gasteiger partial charge in [-0.1, -0.05) is 6.07 Å². The molecular weight excluding hydrogens is 379 g/mol. The van der Waals surface area contributed by atoms with Gasteiger partial charge in [-0.05, 0) is 53.3 Å². The fourth-order valence-corrected chi connectivity index (χ4v) is 2.18. The molecule has 0 aliphatic heterocycles. The van der Waals surface area contributed by atoms with E-state index in [9.17, 15) is 14.0 Å². The summed E-state index contributed by atoms with van der Waals surface area (Å²) in [5.74, 6) is -0.619. The van der Waals surface area contributed by atoms with Gasteiger partial charge in [-0.25, -0.2) is 9.37 Å². The highest BCUT2D eigenvalue weighted by Gasteiger charge is 2.11. The molecule has 1 aromatic heterocycles. The summed E-state index contributed by atoms with van der Waals surface area (Å²) in [4.78, 5) is 29.4. The quantitative estimate of drug-likeness (QED) is 0.789. The molecule has 0 radical (unpaired) electrons. The average molecular weight is 395 g/mol. The number of hydrogen-bond acceptors (Lipinski definition) is 4. The van der Waals surface area contributed by atoms with Crippen molar-refractivity contribution in [2.75, 3.05) is 30.8 Å². The molecule has 0 bridgehead atoms. The van der Waals surface area contributed by atoms with E-state index < -0.39 is 5.82 Å². The zero-order chi connectivity index (χ0) is 17.5. The molecule has 126 valence electrons. The van der Waals surface area contributed by atoms with E-state index in [2.05, 4.69) is 31.5 Å². The van der Waals surface area contributed by atoms with Crippen molar-refractivity contribution < 1.29 is 14.0 Å². The number of carbonyl (C=O) groups is 2. The van der Waals surface area contributed by atoms with Crippen molar-refractivity contribution in [2.24, 2.45) is 0 Å². The van der Waals surface area contributed by atoms with E-state index in [0.29, 0.717) is 11.5 Å². The van der Waals surface area contributed by atoms with Crippen LogP contribution in [0.15, 0.2) is 47.1 Å². The van der Waals surface area contributed by atoms with Crippen LogP contribution in [0.4, 0.5) is 15.9 Å². The van der Waals surface area contributed by atoms with Crippen LogP contribution in [0.5, 0.6) is 0 Å². The number of carbonyl (C=O) groups excluding carboxylic acids is 2. The molecule has 0 aliphatic carbocycles. The third kappa shape index (κ3) is 6.05. The molecule has 2 amide bonds. The monoisotopic (exact) mass is 394 g/mol. The zero-order valence-corrected chi connectivity index (χ0v) is 14.5. The first-order chi connectivity index (χ1) is 11.4. The minimum absolute atomic E-state index is 0.00228. The molecular formula is C16H16BrFN4O2. The van der Waals surface area contributed by atoms with E-state index in [1.165, 1.54) is 18.2 Å². The predicted octanol–water partition coefficient (Wildman–Crippen LogP) is 2.49. The van der Waals surface area contributed by atoms with E-state index in [4.69, 9.17) is 0 Å². The zero-order valence-electron chi connectivity index (χ0n) is 12.9. The summed E-state index contributed by atoms with van der Waals surface area (Å²) in [7, 11) is 1.64. The maximum atomic E-state index is 13.1. The van der Waals surface area contributed by atoms with Crippen LogP contribution in [0.1, 0.15) is 0 Å². The Morgan fingerprint density at radius 2 is 1.88 bits per heavy atom. The van der Waals surface area contributed by atoms with Crippen LogP contribution in [-0.2, 0) is 9.59 Å². The minimum atomic E-state index is -0.428. The van der Waals surface area contributed by atoms with Gasteiger partial charge in [0.2, 0.25) is 11.8 Å². The van der Waals surface area contributed by atoms with Gasteiger partial charge in [-0.3, -0.25) is 14.5 Å². The average Bonchev–Trinajstić information content (AvgIpc) is 2.49. The lowest BCUT2D eigenvalue weighted by Gasteiger charge is -2.15. The third-order valence-corrected chi connectivity index (χ3v) is 3.40. The predicted molar refractivity (Wildman–Crippen MR) is 93.1 cm³/mol. The van der Waals surface area contributed by atoms with Gasteiger partial charge in [-0.2, -0.15) is 0 Å². The molecule has 6 nitrogen and oxygen atoms in total. The molecule has 0 saturated carbocycles. The first-order valence-corrected chi connectivity index (χ1v) is 7.87. The fraction of sp³-hybridized carbons (Fsp3) is 0.188. The Morgan fingerprint density at radius 1 is 1.17 bits per heavy atom. The molecule has 2 N–H and O–H groups in total. The summed E-state index contributed by atoms with van der Waals surface area (Å²) in [5, 5.41) is 5.21. The van der Waals surface area contributed by atoms with Gasteiger partial charge in [-0.15, -0.1) is 0 Å². The number of aromatic nitrogens is 1. The highest BCUT2D eigenvalue weighted by atomic mass is 79.9. The van der Waals surface area contributed by atoms with Crippen LogP contribution in [-0.4, -0.2) is 41.8 Å². The van der Waals surface area contributed by atoms with E-state index in [1.807, 2.05) is 0 Å².